The number of hydrogen-bond donors (Lipinski definition) is 1. The number of carbonyl (C=O) groups is 3. The van der Waals surface area contributed by atoms with Crippen LogP contribution in [0.5, 0.6) is 0 Å². The average Bonchev–Trinajstić information content (AvgIpc) is 2.73. The molecule has 1 fully saturated rings. The van der Waals surface area contributed by atoms with Crippen LogP contribution in [-0.4, -0.2) is 43.0 Å². The number of carbonyl (C=O) groups excluding carboxylic acids is 3. The van der Waals surface area contributed by atoms with Gasteiger partial charge in [-0.25, -0.2) is 9.59 Å². The third-order valence-corrected chi connectivity index (χ3v) is 3.82. The fourth-order valence-corrected chi connectivity index (χ4v) is 2.74. The van der Waals surface area contributed by atoms with Crippen molar-refractivity contribution in [3.05, 3.63) is 12.2 Å². The minimum Gasteiger partial charge on any atom is -0.464 e. The second-order valence-electron chi connectivity index (χ2n) is 4.95. The molecule has 1 aliphatic heterocycles. The van der Waals surface area contributed by atoms with Gasteiger partial charge in [-0.1, -0.05) is 19.1 Å². The van der Waals surface area contributed by atoms with E-state index in [4.69, 9.17) is 9.47 Å². The number of hydrogen-bond acceptors (Lipinski definition) is 6. The van der Waals surface area contributed by atoms with E-state index in [2.05, 4.69) is 5.32 Å². The van der Waals surface area contributed by atoms with Crippen LogP contribution in [0.2, 0.25) is 0 Å². The molecule has 0 amide bonds. The summed E-state index contributed by atoms with van der Waals surface area (Å²) in [6.07, 6.45) is 4.30. The highest BCUT2D eigenvalue weighted by molar-refractivity contribution is 6.06. The fraction of sp³-hybridized carbons (Fsp3) is 0.667. The third kappa shape index (κ3) is 3.00. The second kappa shape index (κ2) is 7.36. The van der Waals surface area contributed by atoms with Gasteiger partial charge in [0.05, 0.1) is 13.2 Å². The minimum absolute atomic E-state index is 0.147. The van der Waals surface area contributed by atoms with Gasteiger partial charge in [-0.2, -0.15) is 0 Å². The Morgan fingerprint density at radius 2 is 1.71 bits per heavy atom. The Hall–Kier alpha value is -1.69. The summed E-state index contributed by atoms with van der Waals surface area (Å²) in [5.41, 5.74) is -1.64. The molecular formula is C15H23NO5. The molecule has 21 heavy (non-hydrogen) atoms. The van der Waals surface area contributed by atoms with E-state index >= 15 is 0 Å². The van der Waals surface area contributed by atoms with E-state index in [-0.39, 0.29) is 13.2 Å². The molecule has 1 heterocycles. The first-order valence-corrected chi connectivity index (χ1v) is 7.19. The Bertz CT molecular complexity index is 414. The predicted molar refractivity (Wildman–Crippen MR) is 76.5 cm³/mol. The topological polar surface area (TPSA) is 81.7 Å². The molecule has 1 rings (SSSR count). The number of rotatable bonds is 6. The van der Waals surface area contributed by atoms with E-state index in [9.17, 15) is 14.4 Å². The molecule has 0 aromatic carbocycles. The van der Waals surface area contributed by atoms with Crippen molar-refractivity contribution in [2.24, 2.45) is 11.8 Å². The van der Waals surface area contributed by atoms with Crippen LogP contribution in [0.3, 0.4) is 0 Å². The first kappa shape index (κ1) is 17.4. The van der Waals surface area contributed by atoms with Crippen LogP contribution in [0.1, 0.15) is 27.7 Å². The van der Waals surface area contributed by atoms with Gasteiger partial charge >= 0.3 is 11.9 Å². The summed E-state index contributed by atoms with van der Waals surface area (Å²) in [6, 6.07) is -0.406. The molecule has 0 spiro atoms. The summed E-state index contributed by atoms with van der Waals surface area (Å²) in [5, 5.41) is 2.96. The quantitative estimate of drug-likeness (QED) is 0.339. The molecule has 0 saturated carbocycles. The molecule has 118 valence electrons. The summed E-state index contributed by atoms with van der Waals surface area (Å²) < 4.78 is 10.1. The van der Waals surface area contributed by atoms with Crippen molar-refractivity contribution in [2.45, 2.75) is 39.3 Å². The van der Waals surface area contributed by atoms with Crippen molar-refractivity contribution in [1.29, 1.82) is 0 Å². The second-order valence-corrected chi connectivity index (χ2v) is 4.95. The van der Waals surface area contributed by atoms with Gasteiger partial charge < -0.3 is 14.3 Å². The van der Waals surface area contributed by atoms with E-state index in [0.29, 0.717) is 0 Å². The maximum Gasteiger partial charge on any atom is 0.338 e. The van der Waals surface area contributed by atoms with Gasteiger partial charge in [-0.15, -0.1) is 0 Å². The lowest BCUT2D eigenvalue weighted by Crippen LogP contribution is -2.60. The molecule has 6 heteroatoms. The van der Waals surface area contributed by atoms with E-state index < -0.39 is 35.4 Å². The highest BCUT2D eigenvalue weighted by Gasteiger charge is 2.62. The third-order valence-electron chi connectivity index (χ3n) is 3.82. The van der Waals surface area contributed by atoms with Gasteiger partial charge in [-0.3, -0.25) is 5.32 Å². The summed E-state index contributed by atoms with van der Waals surface area (Å²) in [4.78, 5) is 36.1. The van der Waals surface area contributed by atoms with Crippen LogP contribution in [0.15, 0.2) is 12.2 Å². The highest BCUT2D eigenvalue weighted by Crippen LogP contribution is 2.37. The molecule has 1 aliphatic rings. The molecule has 1 saturated heterocycles. The smallest absolute Gasteiger partial charge is 0.338 e. The van der Waals surface area contributed by atoms with Crippen LogP contribution >= 0.6 is 0 Å². The normalized spacial score (nSPS) is 27.5. The van der Waals surface area contributed by atoms with Gasteiger partial charge in [0.15, 0.2) is 0 Å². The lowest BCUT2D eigenvalue weighted by molar-refractivity contribution is -0.167. The van der Waals surface area contributed by atoms with E-state index in [1.165, 1.54) is 0 Å². The van der Waals surface area contributed by atoms with Gasteiger partial charge in [0.1, 0.15) is 6.29 Å². The molecule has 0 radical (unpaired) electrons. The Labute approximate surface area is 124 Å². The largest absolute Gasteiger partial charge is 0.464 e. The SMILES string of the molecule is C/C=C/[C@H]1NC(C(=O)OCC)(C(=O)OCC)[C@H](C)[C@H]1C=O. The first-order chi connectivity index (χ1) is 9.99. The monoisotopic (exact) mass is 297 g/mol. The highest BCUT2D eigenvalue weighted by atomic mass is 16.6. The van der Waals surface area contributed by atoms with Crippen LogP contribution in [0.4, 0.5) is 0 Å². The van der Waals surface area contributed by atoms with E-state index in [0.717, 1.165) is 6.29 Å². The summed E-state index contributed by atoms with van der Waals surface area (Å²) in [5.74, 6) is -2.46. The molecular weight excluding hydrogens is 274 g/mol. The zero-order valence-corrected chi connectivity index (χ0v) is 12.9. The first-order valence-electron chi connectivity index (χ1n) is 7.19. The summed E-state index contributed by atoms with van der Waals surface area (Å²) in [6.45, 7) is 7.11. The minimum atomic E-state index is -1.64. The Morgan fingerprint density at radius 1 is 1.19 bits per heavy atom. The number of esters is 2. The van der Waals surface area contributed by atoms with Crippen molar-refractivity contribution in [2.75, 3.05) is 13.2 Å². The standard InChI is InChI=1S/C15H23NO5/c1-5-8-12-11(9-17)10(4)15(16-12,13(18)20-6-2)14(19)21-7-3/h5,8-12,16H,6-7H2,1-4H3/b8-5+/t10-,11-,12-/m1/s1. The number of allylic oxidation sites excluding steroid dienone is 1. The van der Waals surface area contributed by atoms with Crippen molar-refractivity contribution >= 4 is 18.2 Å². The molecule has 0 aromatic rings. The molecule has 6 nitrogen and oxygen atoms in total. The zero-order valence-electron chi connectivity index (χ0n) is 12.9. The van der Waals surface area contributed by atoms with Crippen molar-refractivity contribution in [3.63, 3.8) is 0 Å². The van der Waals surface area contributed by atoms with Crippen LogP contribution < -0.4 is 5.32 Å². The molecule has 0 bridgehead atoms. The number of nitrogens with one attached hydrogen (secondary N) is 1. The number of aldehydes is 1. The Morgan fingerprint density at radius 3 is 2.10 bits per heavy atom. The summed E-state index contributed by atoms with van der Waals surface area (Å²) in [7, 11) is 0. The zero-order chi connectivity index (χ0) is 16.0. The lowest BCUT2D eigenvalue weighted by Gasteiger charge is -2.29. The van der Waals surface area contributed by atoms with Crippen molar-refractivity contribution in [3.8, 4) is 0 Å². The molecule has 1 N–H and O–H groups in total. The fourth-order valence-electron chi connectivity index (χ4n) is 2.74. The average molecular weight is 297 g/mol. The van der Waals surface area contributed by atoms with E-state index in [1.807, 2.05) is 6.92 Å². The Kier molecular flexibility index (Phi) is 6.08. The molecule has 0 unspecified atom stereocenters. The molecule has 3 atom stereocenters. The van der Waals surface area contributed by atoms with Crippen molar-refractivity contribution in [1.82, 2.24) is 5.32 Å². The van der Waals surface area contributed by atoms with E-state index in [1.54, 1.807) is 32.9 Å². The van der Waals surface area contributed by atoms with Crippen LogP contribution in [0.25, 0.3) is 0 Å². The molecule has 0 aliphatic carbocycles. The maximum atomic E-state index is 12.4. The van der Waals surface area contributed by atoms with Gasteiger partial charge in [0.25, 0.3) is 0 Å². The van der Waals surface area contributed by atoms with Crippen LogP contribution in [-0.2, 0) is 23.9 Å². The van der Waals surface area contributed by atoms with Gasteiger partial charge in [0, 0.05) is 17.9 Å². The Balaban J connectivity index is 3.26. The van der Waals surface area contributed by atoms with Crippen LogP contribution in [0, 0.1) is 11.8 Å². The summed E-state index contributed by atoms with van der Waals surface area (Å²) >= 11 is 0. The van der Waals surface area contributed by atoms with Gasteiger partial charge in [-0.05, 0) is 20.8 Å². The lowest BCUT2D eigenvalue weighted by atomic mass is 9.80. The van der Waals surface area contributed by atoms with Crippen molar-refractivity contribution < 1.29 is 23.9 Å². The maximum absolute atomic E-state index is 12.4. The molecule has 0 aromatic heterocycles. The predicted octanol–water partition coefficient (Wildman–Crippen LogP) is 0.850. The van der Waals surface area contributed by atoms with Gasteiger partial charge in [0.2, 0.25) is 5.54 Å². The number of ether oxygens (including phenoxy) is 2.